The maximum atomic E-state index is 13.8. The SMILES string of the molecule is COC[C@H](NC(=O)[C@@H](N)CCF)C(=O)N(C)[C@H](CC(=O)NC[C@H](C)N(C)C(=O)[C@H](CC(=O)OC(C)(C)C)Cc1ccccc1)Cc1ccc(Cl)cc1. The van der Waals surface area contributed by atoms with Crippen molar-refractivity contribution in [2.24, 2.45) is 11.7 Å². The third-order valence-corrected chi connectivity index (χ3v) is 8.77. The van der Waals surface area contributed by atoms with Crippen molar-refractivity contribution in [3.63, 3.8) is 0 Å². The summed E-state index contributed by atoms with van der Waals surface area (Å²) in [5, 5.41) is 5.95. The van der Waals surface area contributed by atoms with Gasteiger partial charge in [-0.1, -0.05) is 54.1 Å². The maximum Gasteiger partial charge on any atom is 0.307 e. The summed E-state index contributed by atoms with van der Waals surface area (Å²) < 4.78 is 23.5. The van der Waals surface area contributed by atoms with E-state index in [1.165, 1.54) is 24.0 Å². The molecule has 0 unspecified atom stereocenters. The summed E-state index contributed by atoms with van der Waals surface area (Å²) in [6.45, 7) is 6.24. The Morgan fingerprint density at radius 3 is 2.10 bits per heavy atom. The Hall–Kier alpha value is -4.07. The number of carbonyl (C=O) groups is 5. The Balaban J connectivity index is 2.18. The average molecular weight is 748 g/mol. The van der Waals surface area contributed by atoms with Crippen molar-refractivity contribution >= 4 is 41.2 Å². The molecule has 0 aliphatic heterocycles. The Morgan fingerprint density at radius 2 is 1.52 bits per heavy atom. The molecule has 288 valence electrons. The Morgan fingerprint density at radius 1 is 0.904 bits per heavy atom. The molecule has 2 rings (SSSR count). The summed E-state index contributed by atoms with van der Waals surface area (Å²) in [5.41, 5.74) is 6.77. The minimum absolute atomic E-state index is 0.103. The first-order valence-corrected chi connectivity index (χ1v) is 17.7. The van der Waals surface area contributed by atoms with Crippen LogP contribution in [0.1, 0.15) is 58.1 Å². The van der Waals surface area contributed by atoms with Gasteiger partial charge in [-0.15, -0.1) is 0 Å². The third kappa shape index (κ3) is 15.3. The maximum absolute atomic E-state index is 13.8. The van der Waals surface area contributed by atoms with Gasteiger partial charge in [0.2, 0.25) is 23.6 Å². The molecule has 4 amide bonds. The van der Waals surface area contributed by atoms with Crippen LogP contribution in [0.5, 0.6) is 0 Å². The van der Waals surface area contributed by atoms with Crippen molar-refractivity contribution in [2.75, 3.05) is 41.0 Å². The first-order valence-electron chi connectivity index (χ1n) is 17.4. The zero-order valence-electron chi connectivity index (χ0n) is 31.3. The highest BCUT2D eigenvalue weighted by Gasteiger charge is 2.32. The van der Waals surface area contributed by atoms with Crippen molar-refractivity contribution in [3.8, 4) is 0 Å². The molecule has 0 saturated heterocycles. The van der Waals surface area contributed by atoms with Crippen LogP contribution in [-0.2, 0) is 46.3 Å². The Labute approximate surface area is 311 Å². The topological polar surface area (TPSA) is 160 Å². The van der Waals surface area contributed by atoms with E-state index in [9.17, 15) is 28.4 Å². The number of nitrogens with one attached hydrogen (secondary N) is 2. The van der Waals surface area contributed by atoms with Gasteiger partial charge in [-0.25, -0.2) is 0 Å². The summed E-state index contributed by atoms with van der Waals surface area (Å²) in [7, 11) is 4.53. The molecule has 5 atom stereocenters. The number of esters is 1. The third-order valence-electron chi connectivity index (χ3n) is 8.52. The van der Waals surface area contributed by atoms with Crippen molar-refractivity contribution in [1.82, 2.24) is 20.4 Å². The monoisotopic (exact) mass is 747 g/mol. The average Bonchev–Trinajstić information content (AvgIpc) is 3.09. The second-order valence-electron chi connectivity index (χ2n) is 14.0. The number of hydrogen-bond donors (Lipinski definition) is 3. The molecule has 52 heavy (non-hydrogen) atoms. The number of ether oxygens (including phenoxy) is 2. The zero-order chi connectivity index (χ0) is 39.0. The first-order chi connectivity index (χ1) is 24.4. The normalized spacial score (nSPS) is 14.3. The number of amides is 4. The summed E-state index contributed by atoms with van der Waals surface area (Å²) in [4.78, 5) is 69.1. The van der Waals surface area contributed by atoms with Crippen LogP contribution in [0.2, 0.25) is 5.02 Å². The van der Waals surface area contributed by atoms with Crippen molar-refractivity contribution in [3.05, 3.63) is 70.7 Å². The molecule has 14 heteroatoms. The Kier molecular flexibility index (Phi) is 18.2. The van der Waals surface area contributed by atoms with Crippen molar-refractivity contribution < 1.29 is 37.8 Å². The van der Waals surface area contributed by atoms with Crippen molar-refractivity contribution in [1.29, 1.82) is 0 Å². The molecule has 4 N–H and O–H groups in total. The van der Waals surface area contributed by atoms with Gasteiger partial charge in [0.15, 0.2) is 0 Å². The second kappa shape index (κ2) is 21.5. The standard InChI is InChI=1S/C38H55ClFN5O7/c1-25(44(5)36(49)28(19-26-11-9-8-10-12-26)21-34(47)52-38(2,3)4)23-42-33(46)22-30(20-27-13-15-29(39)16-14-27)45(6)37(50)32(24-51-7)43-35(48)31(41)17-18-40/h8-16,25,28,30-32H,17-24,41H2,1-7H3,(H,42,46)(H,43,48)/t25-,28-,30-,31-,32-/m0/s1. The molecular formula is C38H55ClFN5O7. The van der Waals surface area contributed by atoms with Crippen LogP contribution in [0.25, 0.3) is 0 Å². The zero-order valence-corrected chi connectivity index (χ0v) is 32.1. The van der Waals surface area contributed by atoms with E-state index in [2.05, 4.69) is 10.6 Å². The number of benzene rings is 2. The number of nitrogens with two attached hydrogens (primary N) is 1. The molecule has 0 bridgehead atoms. The highest BCUT2D eigenvalue weighted by molar-refractivity contribution is 6.30. The smallest absolute Gasteiger partial charge is 0.307 e. The minimum Gasteiger partial charge on any atom is -0.460 e. The van der Waals surface area contributed by atoms with Gasteiger partial charge in [-0.2, -0.15) is 0 Å². The fourth-order valence-electron chi connectivity index (χ4n) is 5.45. The van der Waals surface area contributed by atoms with E-state index >= 15 is 0 Å². The van der Waals surface area contributed by atoms with E-state index in [4.69, 9.17) is 26.8 Å². The predicted molar refractivity (Wildman–Crippen MR) is 198 cm³/mol. The lowest BCUT2D eigenvalue weighted by Gasteiger charge is -2.32. The molecule has 0 radical (unpaired) electrons. The summed E-state index contributed by atoms with van der Waals surface area (Å²) in [6.07, 6.45) is 0.196. The second-order valence-corrected chi connectivity index (χ2v) is 14.5. The number of nitrogens with zero attached hydrogens (tertiary/aromatic N) is 2. The van der Waals surface area contributed by atoms with Gasteiger partial charge in [-0.05, 0) is 70.2 Å². The van der Waals surface area contributed by atoms with Gasteiger partial charge < -0.3 is 35.6 Å². The van der Waals surface area contributed by atoms with Gasteiger partial charge in [-0.3, -0.25) is 28.4 Å². The van der Waals surface area contributed by atoms with Gasteiger partial charge in [0.1, 0.15) is 11.6 Å². The lowest BCUT2D eigenvalue weighted by Crippen LogP contribution is -2.56. The molecule has 0 aromatic heterocycles. The number of halogens is 2. The molecular weight excluding hydrogens is 693 g/mol. The van der Waals surface area contributed by atoms with E-state index in [1.54, 1.807) is 59.0 Å². The van der Waals surface area contributed by atoms with Crippen LogP contribution in [0.4, 0.5) is 4.39 Å². The number of alkyl halides is 1. The number of methoxy groups -OCH3 is 1. The van der Waals surface area contributed by atoms with E-state index in [0.717, 1.165) is 11.1 Å². The number of carbonyl (C=O) groups excluding carboxylic acids is 5. The molecule has 0 spiro atoms. The first kappa shape index (κ1) is 44.1. The fourth-order valence-corrected chi connectivity index (χ4v) is 5.58. The molecule has 12 nitrogen and oxygen atoms in total. The van der Waals surface area contributed by atoms with Crippen LogP contribution < -0.4 is 16.4 Å². The van der Waals surface area contributed by atoms with Crippen LogP contribution in [0, 0.1) is 5.92 Å². The number of likely N-dealkylation sites (N-methyl/N-ethyl adjacent to an activating group) is 2. The molecule has 0 aliphatic carbocycles. The molecule has 2 aromatic carbocycles. The molecule has 0 aliphatic rings. The lowest BCUT2D eigenvalue weighted by molar-refractivity contribution is -0.158. The van der Waals surface area contributed by atoms with Gasteiger partial charge >= 0.3 is 5.97 Å². The number of rotatable bonds is 20. The summed E-state index contributed by atoms with van der Waals surface area (Å²) in [6, 6.07) is 13.0. The quantitative estimate of drug-likeness (QED) is 0.174. The van der Waals surface area contributed by atoms with Crippen LogP contribution in [-0.4, -0.2) is 110 Å². The minimum atomic E-state index is -1.14. The van der Waals surface area contributed by atoms with E-state index in [-0.39, 0.29) is 50.6 Å². The van der Waals surface area contributed by atoms with Crippen LogP contribution in [0.15, 0.2) is 54.6 Å². The highest BCUT2D eigenvalue weighted by Crippen LogP contribution is 2.20. The van der Waals surface area contributed by atoms with Crippen LogP contribution in [0.3, 0.4) is 0 Å². The summed E-state index contributed by atoms with van der Waals surface area (Å²) in [5.74, 6) is -3.02. The van der Waals surface area contributed by atoms with Gasteiger partial charge in [0, 0.05) is 51.3 Å². The highest BCUT2D eigenvalue weighted by atomic mass is 35.5. The van der Waals surface area contributed by atoms with E-state index < -0.39 is 60.1 Å². The molecule has 0 saturated carbocycles. The molecule has 2 aromatic rings. The van der Waals surface area contributed by atoms with Crippen LogP contribution >= 0.6 is 11.6 Å². The van der Waals surface area contributed by atoms with Gasteiger partial charge in [0.05, 0.1) is 31.7 Å². The molecule has 0 fully saturated rings. The van der Waals surface area contributed by atoms with Crippen molar-refractivity contribution in [2.45, 2.75) is 89.6 Å². The Bertz CT molecular complexity index is 1460. The lowest BCUT2D eigenvalue weighted by atomic mass is 9.94. The molecule has 0 heterocycles. The van der Waals surface area contributed by atoms with E-state index in [1.807, 2.05) is 30.3 Å². The largest absolute Gasteiger partial charge is 0.460 e. The number of hydrogen-bond acceptors (Lipinski definition) is 8. The fraction of sp³-hybridized carbons (Fsp3) is 0.553. The predicted octanol–water partition coefficient (Wildman–Crippen LogP) is 3.47. The summed E-state index contributed by atoms with van der Waals surface area (Å²) >= 11 is 6.08. The van der Waals surface area contributed by atoms with E-state index in [0.29, 0.717) is 11.4 Å². The van der Waals surface area contributed by atoms with Gasteiger partial charge in [0.25, 0.3) is 0 Å².